The van der Waals surface area contributed by atoms with Crippen molar-refractivity contribution in [3.8, 4) is 0 Å². The molecule has 0 aromatic rings. The van der Waals surface area contributed by atoms with Crippen LogP contribution in [0.15, 0.2) is 0 Å². The third-order valence-corrected chi connectivity index (χ3v) is 0. The smallest absolute Gasteiger partial charge is 0.290 e. The van der Waals surface area contributed by atoms with Gasteiger partial charge in [0, 0.05) is 16.8 Å². The van der Waals surface area contributed by atoms with Crippen LogP contribution in [0.4, 0.5) is 0 Å². The fourth-order valence-electron chi connectivity index (χ4n) is 0. The van der Waals surface area contributed by atoms with Crippen LogP contribution in [0.2, 0.25) is 0 Å². The molecule has 12 nitrogen and oxygen atoms in total. The maximum absolute atomic E-state index is 8.36. The van der Waals surface area contributed by atoms with Gasteiger partial charge in [-0.2, -0.15) is 0 Å². The Morgan fingerprint density at radius 2 is 0.368 bits per heavy atom. The van der Waals surface area contributed by atoms with E-state index in [9.17, 15) is 0 Å². The maximum Gasteiger partial charge on any atom is 0.290 e. The summed E-state index contributed by atoms with van der Waals surface area (Å²) in [5, 5.41) is 41.3. The minimum absolute atomic E-state index is 0. The monoisotopic (exact) mass is 335 g/mol. The summed E-state index contributed by atoms with van der Waals surface area (Å²) >= 11 is 0. The molecule has 0 aliphatic carbocycles. The van der Waals surface area contributed by atoms with Crippen LogP contribution in [0, 0.1) is 0 Å². The van der Waals surface area contributed by atoms with Crippen LogP contribution in [-0.2, 0) is 45.5 Å². The summed E-state index contributed by atoms with van der Waals surface area (Å²) in [4.78, 5) is 50.2. The minimum atomic E-state index is -0.250. The number of rotatable bonds is 0. The first kappa shape index (κ1) is 44.1. The second-order valence-corrected chi connectivity index (χ2v) is 0.632. The van der Waals surface area contributed by atoms with Crippen LogP contribution in [0.25, 0.3) is 0 Å². The Kier molecular flexibility index (Phi) is 660. The van der Waals surface area contributed by atoms with E-state index in [4.69, 9.17) is 59.4 Å². The molecule has 0 saturated carbocycles. The van der Waals surface area contributed by atoms with Gasteiger partial charge in [-0.3, -0.25) is 28.8 Å². The van der Waals surface area contributed by atoms with Crippen molar-refractivity contribution in [2.45, 2.75) is 0 Å². The minimum Gasteiger partial charge on any atom is -0.483 e. The summed E-state index contributed by atoms with van der Waals surface area (Å²) in [6.45, 7) is -1.50. The Labute approximate surface area is 116 Å². The molecule has 19 heavy (non-hydrogen) atoms. The molecule has 0 amide bonds. The Morgan fingerprint density at radius 3 is 0.368 bits per heavy atom. The number of hydrogen-bond donors (Lipinski definition) is 6. The van der Waals surface area contributed by atoms with Crippen LogP contribution >= 0.6 is 0 Å². The third-order valence-electron chi connectivity index (χ3n) is 0. The summed E-state index contributed by atoms with van der Waals surface area (Å²) in [6.07, 6.45) is 0. The molecule has 0 unspecified atom stereocenters. The van der Waals surface area contributed by atoms with Crippen LogP contribution < -0.4 is 0 Å². The third kappa shape index (κ3) is 381. The molecule has 6 N–H and O–H groups in total. The van der Waals surface area contributed by atoms with Gasteiger partial charge in [-0.25, -0.2) is 0 Å². The summed E-state index contributed by atoms with van der Waals surface area (Å²) in [5.74, 6) is 0. The zero-order valence-electron chi connectivity index (χ0n) is 8.93. The van der Waals surface area contributed by atoms with E-state index in [0.717, 1.165) is 0 Å². The largest absolute Gasteiger partial charge is 0.483 e. The van der Waals surface area contributed by atoms with Crippen LogP contribution in [-0.4, -0.2) is 69.5 Å². The Balaban J connectivity index is -0.0000000180. The van der Waals surface area contributed by atoms with Gasteiger partial charge >= 0.3 is 0 Å². The summed E-state index contributed by atoms with van der Waals surface area (Å²) in [7, 11) is 0. The van der Waals surface area contributed by atoms with Crippen molar-refractivity contribution >= 4 is 38.8 Å². The Bertz CT molecular complexity index is 114. The molecular weight excluding hydrogens is 323 g/mol. The molecule has 0 aromatic heterocycles. The second-order valence-electron chi connectivity index (χ2n) is 0.632. The van der Waals surface area contributed by atoms with E-state index in [1.807, 2.05) is 0 Å². The van der Waals surface area contributed by atoms with Gasteiger partial charge in [0.25, 0.3) is 38.8 Å². The molecule has 0 aromatic carbocycles. The Hall–Kier alpha value is -2.67. The quantitative estimate of drug-likeness (QED) is 0.270. The van der Waals surface area contributed by atoms with Gasteiger partial charge in [0.2, 0.25) is 0 Å². The molecule has 13 heteroatoms. The van der Waals surface area contributed by atoms with Crippen molar-refractivity contribution in [2.75, 3.05) is 0 Å². The van der Waals surface area contributed by atoms with E-state index in [1.165, 1.54) is 0 Å². The second kappa shape index (κ2) is 284. The molecule has 117 valence electrons. The van der Waals surface area contributed by atoms with Crippen LogP contribution in [0.1, 0.15) is 0 Å². The van der Waals surface area contributed by atoms with Gasteiger partial charge in [-0.1, -0.05) is 0 Å². The Morgan fingerprint density at radius 1 is 0.368 bits per heavy atom. The fraction of sp³-hybridized carbons (Fsp3) is 0. The molecule has 0 aliphatic heterocycles. The van der Waals surface area contributed by atoms with E-state index in [0.29, 0.717) is 0 Å². The van der Waals surface area contributed by atoms with Crippen molar-refractivity contribution in [1.29, 1.82) is 0 Å². The predicted molar refractivity (Wildman–Crippen MR) is 52.2 cm³/mol. The van der Waals surface area contributed by atoms with Gasteiger partial charge < -0.3 is 30.6 Å². The molecule has 0 heterocycles. The van der Waals surface area contributed by atoms with E-state index >= 15 is 0 Å². The standard InChI is InChI=1S/6CH2O2.Co/c6*2-1-3;/h6*1H,(H,2,3);. The zero-order valence-corrected chi connectivity index (χ0v) is 9.97. The maximum atomic E-state index is 8.36. The van der Waals surface area contributed by atoms with Gasteiger partial charge in [0.05, 0.1) is 0 Å². The number of carbonyl (C=O) groups is 6. The van der Waals surface area contributed by atoms with Gasteiger partial charge in [0.1, 0.15) is 0 Å². The molecule has 0 saturated heterocycles. The SMILES string of the molecule is O=CO.O=CO.O=CO.O=CO.O=CO.O=CO.[Co]. The van der Waals surface area contributed by atoms with E-state index < -0.39 is 0 Å². The van der Waals surface area contributed by atoms with E-state index in [1.54, 1.807) is 0 Å². The molecule has 0 aliphatic rings. The molecule has 0 fully saturated rings. The molecule has 1 radical (unpaired) electrons. The van der Waals surface area contributed by atoms with Crippen LogP contribution in [0.3, 0.4) is 0 Å². The first-order valence-corrected chi connectivity index (χ1v) is 2.96. The van der Waals surface area contributed by atoms with Crippen molar-refractivity contribution in [3.05, 3.63) is 0 Å². The van der Waals surface area contributed by atoms with Crippen molar-refractivity contribution in [1.82, 2.24) is 0 Å². The first-order chi connectivity index (χ1) is 8.49. The van der Waals surface area contributed by atoms with Gasteiger partial charge in [-0.15, -0.1) is 0 Å². The zero-order chi connectivity index (χ0) is 16.2. The summed E-state index contributed by atoms with van der Waals surface area (Å²) in [6, 6.07) is 0. The van der Waals surface area contributed by atoms with Gasteiger partial charge in [-0.05, 0) is 0 Å². The van der Waals surface area contributed by atoms with Crippen molar-refractivity contribution < 1.29 is 76.2 Å². The molecule has 0 atom stereocenters. The van der Waals surface area contributed by atoms with Crippen LogP contribution in [0.5, 0.6) is 0 Å². The normalized spacial score (nSPS) is 3.79. The fourth-order valence-corrected chi connectivity index (χ4v) is 0. The average molecular weight is 335 g/mol. The van der Waals surface area contributed by atoms with Gasteiger partial charge in [0.15, 0.2) is 0 Å². The molecular formula is C6H12CoO12. The average Bonchev–Trinajstić information content (AvgIpc) is 2.23. The number of carboxylic acid groups (broad SMARTS) is 6. The van der Waals surface area contributed by atoms with Crippen molar-refractivity contribution in [2.24, 2.45) is 0 Å². The molecule has 0 rings (SSSR count). The first-order valence-electron chi connectivity index (χ1n) is 2.96. The van der Waals surface area contributed by atoms with E-state index in [2.05, 4.69) is 0 Å². The predicted octanol–water partition coefficient (Wildman–Crippen LogP) is -1.80. The molecule has 0 spiro atoms. The summed E-state index contributed by atoms with van der Waals surface area (Å²) < 4.78 is 0. The van der Waals surface area contributed by atoms with E-state index in [-0.39, 0.29) is 55.6 Å². The van der Waals surface area contributed by atoms with Crippen molar-refractivity contribution in [3.63, 3.8) is 0 Å². The topological polar surface area (TPSA) is 224 Å². The molecule has 0 bridgehead atoms. The number of hydrogen-bond acceptors (Lipinski definition) is 6. The summed E-state index contributed by atoms with van der Waals surface area (Å²) in [5.41, 5.74) is 0.